The summed E-state index contributed by atoms with van der Waals surface area (Å²) in [5.41, 5.74) is 8.06. The number of allylic oxidation sites excluding steroid dienone is 8. The molecule has 0 amide bonds. The van der Waals surface area contributed by atoms with E-state index in [0.29, 0.717) is 10.8 Å². The van der Waals surface area contributed by atoms with E-state index >= 15 is 0 Å². The van der Waals surface area contributed by atoms with Crippen molar-refractivity contribution in [3.05, 3.63) is 46.6 Å². The van der Waals surface area contributed by atoms with Crippen molar-refractivity contribution in [3.8, 4) is 0 Å². The molecule has 2 spiro atoms. The molecule has 1 saturated carbocycles. The summed E-state index contributed by atoms with van der Waals surface area (Å²) in [6, 6.07) is 0. The van der Waals surface area contributed by atoms with Gasteiger partial charge in [0.2, 0.25) is 0 Å². The van der Waals surface area contributed by atoms with E-state index in [2.05, 4.69) is 24.3 Å². The van der Waals surface area contributed by atoms with Crippen LogP contribution in [0, 0.1) is 10.8 Å². The summed E-state index contributed by atoms with van der Waals surface area (Å²) >= 11 is 0. The maximum atomic E-state index is 2.62. The summed E-state index contributed by atoms with van der Waals surface area (Å²) in [6.07, 6.45) is 25.6. The van der Waals surface area contributed by atoms with Gasteiger partial charge in [0.25, 0.3) is 0 Å². The van der Waals surface area contributed by atoms with Crippen LogP contribution in [0.4, 0.5) is 0 Å². The third kappa shape index (κ3) is 1.62. The second kappa shape index (κ2) is 4.24. The fourth-order valence-electron chi connectivity index (χ4n) is 6.07. The van der Waals surface area contributed by atoms with Crippen LogP contribution in [0.25, 0.3) is 0 Å². The second-order valence-corrected chi connectivity index (χ2v) is 8.08. The quantitative estimate of drug-likeness (QED) is 0.508. The second-order valence-electron chi connectivity index (χ2n) is 8.08. The van der Waals surface area contributed by atoms with E-state index in [-0.39, 0.29) is 0 Å². The first-order valence-corrected chi connectivity index (χ1v) is 9.15. The Bertz CT molecular complexity index is 558. The molecule has 0 radical (unpaired) electrons. The largest absolute Gasteiger partial charge is 0.0739 e. The van der Waals surface area contributed by atoms with E-state index < -0.39 is 0 Å². The average Bonchev–Trinajstić information content (AvgIpc) is 3.20. The van der Waals surface area contributed by atoms with E-state index in [1.54, 1.807) is 11.1 Å². The van der Waals surface area contributed by atoms with Gasteiger partial charge in [0.05, 0.1) is 0 Å². The lowest BCUT2D eigenvalue weighted by Crippen LogP contribution is -2.22. The van der Waals surface area contributed by atoms with E-state index in [4.69, 9.17) is 0 Å². The lowest BCUT2D eigenvalue weighted by atomic mass is 9.70. The first-order valence-electron chi connectivity index (χ1n) is 9.15. The smallest absolute Gasteiger partial charge is 0.0111 e. The molecule has 0 aromatic heterocycles. The average molecular weight is 278 g/mol. The van der Waals surface area contributed by atoms with E-state index in [9.17, 15) is 0 Å². The Kier molecular flexibility index (Phi) is 2.53. The summed E-state index contributed by atoms with van der Waals surface area (Å²) in [5.74, 6) is 0. The van der Waals surface area contributed by atoms with Crippen molar-refractivity contribution in [1.82, 2.24) is 0 Å². The van der Waals surface area contributed by atoms with Crippen molar-refractivity contribution in [3.63, 3.8) is 0 Å². The lowest BCUT2D eigenvalue weighted by Gasteiger charge is -2.34. The molecule has 0 nitrogen and oxygen atoms in total. The van der Waals surface area contributed by atoms with Gasteiger partial charge in [-0.1, -0.05) is 35.5 Å². The van der Waals surface area contributed by atoms with Crippen LogP contribution in [0.5, 0.6) is 0 Å². The van der Waals surface area contributed by atoms with Crippen molar-refractivity contribution < 1.29 is 0 Å². The zero-order valence-corrected chi connectivity index (χ0v) is 13.1. The highest BCUT2D eigenvalue weighted by Gasteiger charge is 2.52. The molecule has 1 fully saturated rings. The number of rotatable bonds is 0. The molecule has 5 aliphatic carbocycles. The molecule has 110 valence electrons. The number of hydrogen-bond acceptors (Lipinski definition) is 0. The lowest BCUT2D eigenvalue weighted by molar-refractivity contribution is 0.385. The third-order valence-corrected chi connectivity index (χ3v) is 7.08. The highest BCUT2D eigenvalue weighted by atomic mass is 14.6. The fourth-order valence-corrected chi connectivity index (χ4v) is 6.07. The Morgan fingerprint density at radius 2 is 1.10 bits per heavy atom. The first-order chi connectivity index (χ1) is 10.3. The Hall–Kier alpha value is -1.04. The highest BCUT2D eigenvalue weighted by Crippen LogP contribution is 2.64. The SMILES string of the molecule is C1=CC2(CCC3(C=CC4=C3CCCC4)C2)C2=C1CCCC2. The Morgan fingerprint density at radius 1 is 0.619 bits per heavy atom. The third-order valence-electron chi connectivity index (χ3n) is 7.08. The predicted octanol–water partition coefficient (Wildman–Crippen LogP) is 6.02. The van der Waals surface area contributed by atoms with Crippen molar-refractivity contribution >= 4 is 0 Å². The zero-order chi connectivity index (χ0) is 13.9. The summed E-state index contributed by atoms with van der Waals surface area (Å²) in [4.78, 5) is 0. The molecule has 0 heterocycles. The van der Waals surface area contributed by atoms with Gasteiger partial charge in [0, 0.05) is 10.8 Å². The van der Waals surface area contributed by atoms with Crippen LogP contribution in [-0.2, 0) is 0 Å². The monoisotopic (exact) mass is 278 g/mol. The molecule has 21 heavy (non-hydrogen) atoms. The highest BCUT2D eigenvalue weighted by molar-refractivity contribution is 5.50. The molecule has 0 aromatic carbocycles. The number of fused-ring (bicyclic) bond motifs is 2. The molecule has 2 atom stereocenters. The molecule has 0 bridgehead atoms. The van der Waals surface area contributed by atoms with Crippen molar-refractivity contribution in [2.75, 3.05) is 0 Å². The Morgan fingerprint density at radius 3 is 1.62 bits per heavy atom. The predicted molar refractivity (Wildman–Crippen MR) is 88.0 cm³/mol. The minimum absolute atomic E-state index is 0.458. The molecule has 2 unspecified atom stereocenters. The molecule has 0 aliphatic heterocycles. The van der Waals surface area contributed by atoms with Gasteiger partial charge in [0.1, 0.15) is 0 Å². The molecular weight excluding hydrogens is 252 g/mol. The molecule has 5 rings (SSSR count). The van der Waals surface area contributed by atoms with Gasteiger partial charge in [-0.2, -0.15) is 0 Å². The van der Waals surface area contributed by atoms with Gasteiger partial charge >= 0.3 is 0 Å². The van der Waals surface area contributed by atoms with Gasteiger partial charge < -0.3 is 0 Å². The maximum Gasteiger partial charge on any atom is 0.0111 e. The van der Waals surface area contributed by atoms with Crippen LogP contribution in [0.15, 0.2) is 46.6 Å². The molecule has 5 aliphatic rings. The van der Waals surface area contributed by atoms with E-state index in [1.807, 2.05) is 11.1 Å². The summed E-state index contributed by atoms with van der Waals surface area (Å²) in [6.45, 7) is 0. The van der Waals surface area contributed by atoms with Crippen LogP contribution in [0.1, 0.15) is 70.6 Å². The van der Waals surface area contributed by atoms with Crippen molar-refractivity contribution in [2.24, 2.45) is 10.8 Å². The molecular formula is C21H26. The van der Waals surface area contributed by atoms with E-state index in [1.165, 1.54) is 70.6 Å². The Balaban J connectivity index is 1.52. The van der Waals surface area contributed by atoms with Gasteiger partial charge in [-0.25, -0.2) is 0 Å². The number of hydrogen-bond donors (Lipinski definition) is 0. The molecule has 0 heteroatoms. The minimum Gasteiger partial charge on any atom is -0.0739 e. The topological polar surface area (TPSA) is 0 Å². The van der Waals surface area contributed by atoms with Crippen LogP contribution >= 0.6 is 0 Å². The summed E-state index contributed by atoms with van der Waals surface area (Å²) in [5, 5.41) is 0. The first kappa shape index (κ1) is 12.5. The van der Waals surface area contributed by atoms with Gasteiger partial charge in [-0.05, 0) is 81.8 Å². The minimum atomic E-state index is 0.458. The zero-order valence-electron chi connectivity index (χ0n) is 13.1. The Labute approximate surface area is 128 Å². The maximum absolute atomic E-state index is 2.62. The van der Waals surface area contributed by atoms with Gasteiger partial charge in [-0.15, -0.1) is 0 Å². The van der Waals surface area contributed by atoms with Gasteiger partial charge in [0.15, 0.2) is 0 Å². The summed E-state index contributed by atoms with van der Waals surface area (Å²) < 4.78 is 0. The van der Waals surface area contributed by atoms with Crippen LogP contribution in [0.2, 0.25) is 0 Å². The molecule has 0 saturated heterocycles. The van der Waals surface area contributed by atoms with Gasteiger partial charge in [-0.3, -0.25) is 0 Å². The molecule has 0 aromatic rings. The van der Waals surface area contributed by atoms with Crippen LogP contribution in [-0.4, -0.2) is 0 Å². The van der Waals surface area contributed by atoms with Crippen LogP contribution in [0.3, 0.4) is 0 Å². The fraction of sp³-hybridized carbons (Fsp3) is 0.619. The van der Waals surface area contributed by atoms with Crippen molar-refractivity contribution in [1.29, 1.82) is 0 Å². The molecule has 0 N–H and O–H groups in total. The van der Waals surface area contributed by atoms with E-state index in [0.717, 1.165) is 0 Å². The van der Waals surface area contributed by atoms with Crippen LogP contribution < -0.4 is 0 Å². The normalized spacial score (nSPS) is 40.8. The summed E-state index contributed by atoms with van der Waals surface area (Å²) in [7, 11) is 0. The standard InChI is InChI=1S/C21H26/c1-3-7-18-16(5-1)9-11-20(18)13-14-21(15-20)12-10-17-6-2-4-8-19(17)21/h9-12H,1-8,13-15H2. The van der Waals surface area contributed by atoms with Crippen molar-refractivity contribution in [2.45, 2.75) is 70.6 Å².